The van der Waals surface area contributed by atoms with E-state index in [1.165, 1.54) is 0 Å². The summed E-state index contributed by atoms with van der Waals surface area (Å²) in [5.41, 5.74) is 0. The first kappa shape index (κ1) is 29.4. The SMILES string of the molecule is CC(C)O.CC(C)O.CC(C)O.[Cl-].[Ti]. The third-order valence-electron chi connectivity index (χ3n) is 0. The fourth-order valence-corrected chi connectivity index (χ4v) is 0. The van der Waals surface area contributed by atoms with Gasteiger partial charge >= 0.3 is 0 Å². The van der Waals surface area contributed by atoms with E-state index in [4.69, 9.17) is 15.3 Å². The summed E-state index contributed by atoms with van der Waals surface area (Å²) in [6.07, 6.45) is -0.500. The minimum atomic E-state index is -0.167. The van der Waals surface area contributed by atoms with Gasteiger partial charge in [0, 0.05) is 40.0 Å². The molecule has 0 aliphatic rings. The monoisotopic (exact) mass is 263 g/mol. The number of rotatable bonds is 0. The Morgan fingerprint density at radius 2 is 0.571 bits per heavy atom. The Bertz CT molecular complexity index is 48.5. The molecule has 0 rings (SSSR count). The second-order valence-electron chi connectivity index (χ2n) is 3.28. The quantitative estimate of drug-likeness (QED) is 0.450. The summed E-state index contributed by atoms with van der Waals surface area (Å²) in [5.74, 6) is 0. The van der Waals surface area contributed by atoms with Crippen LogP contribution in [0.1, 0.15) is 41.5 Å². The van der Waals surface area contributed by atoms with Gasteiger partial charge < -0.3 is 27.7 Å². The van der Waals surface area contributed by atoms with E-state index in [0.29, 0.717) is 0 Å². The summed E-state index contributed by atoms with van der Waals surface area (Å²) in [5, 5.41) is 24.2. The van der Waals surface area contributed by atoms with Crippen LogP contribution in [-0.2, 0) is 21.7 Å². The molecule has 0 bridgehead atoms. The Labute approximate surface area is 109 Å². The molecule has 0 saturated heterocycles. The topological polar surface area (TPSA) is 60.7 Å². The van der Waals surface area contributed by atoms with Crippen molar-refractivity contribution in [2.45, 2.75) is 59.9 Å². The van der Waals surface area contributed by atoms with Crippen molar-refractivity contribution in [1.29, 1.82) is 0 Å². The average Bonchev–Trinajstić information content (AvgIpc) is 1.54. The Kier molecular flexibility index (Phi) is 49.5. The van der Waals surface area contributed by atoms with E-state index < -0.39 is 0 Å². The summed E-state index contributed by atoms with van der Waals surface area (Å²) < 4.78 is 0. The molecule has 14 heavy (non-hydrogen) atoms. The zero-order chi connectivity index (χ0) is 10.7. The second-order valence-corrected chi connectivity index (χ2v) is 3.28. The van der Waals surface area contributed by atoms with Gasteiger partial charge in [-0.05, 0) is 41.5 Å². The molecule has 90 valence electrons. The Balaban J connectivity index is -0.0000000270. The predicted octanol–water partition coefficient (Wildman–Crippen LogP) is -1.84. The van der Waals surface area contributed by atoms with Gasteiger partial charge in [0.05, 0.1) is 0 Å². The molecule has 0 heterocycles. The molecule has 3 N–H and O–H groups in total. The molecule has 0 aliphatic heterocycles. The van der Waals surface area contributed by atoms with Crippen molar-refractivity contribution >= 4 is 0 Å². The molecular weight excluding hydrogens is 239 g/mol. The zero-order valence-corrected chi connectivity index (χ0v) is 12.3. The summed E-state index contributed by atoms with van der Waals surface area (Å²) in [4.78, 5) is 0. The van der Waals surface area contributed by atoms with Crippen molar-refractivity contribution in [3.63, 3.8) is 0 Å². The fraction of sp³-hybridized carbons (Fsp3) is 1.00. The van der Waals surface area contributed by atoms with Gasteiger partial charge in [-0.3, -0.25) is 0 Å². The fourth-order valence-electron chi connectivity index (χ4n) is 0. The maximum absolute atomic E-state index is 8.06. The molecule has 0 fully saturated rings. The van der Waals surface area contributed by atoms with Crippen molar-refractivity contribution in [3.8, 4) is 0 Å². The molecule has 0 radical (unpaired) electrons. The first-order valence-corrected chi connectivity index (χ1v) is 4.24. The summed E-state index contributed by atoms with van der Waals surface area (Å²) in [7, 11) is 0. The molecular formula is C9H24ClO3Ti-. The van der Waals surface area contributed by atoms with Gasteiger partial charge in [0.1, 0.15) is 0 Å². The molecule has 0 amide bonds. The van der Waals surface area contributed by atoms with Gasteiger partial charge in [0.15, 0.2) is 0 Å². The van der Waals surface area contributed by atoms with Crippen molar-refractivity contribution in [2.24, 2.45) is 0 Å². The van der Waals surface area contributed by atoms with E-state index in [0.717, 1.165) is 0 Å². The first-order valence-electron chi connectivity index (χ1n) is 4.24. The van der Waals surface area contributed by atoms with Crippen molar-refractivity contribution in [3.05, 3.63) is 0 Å². The minimum Gasteiger partial charge on any atom is -1.00 e. The average molecular weight is 264 g/mol. The van der Waals surface area contributed by atoms with Crippen molar-refractivity contribution in [1.82, 2.24) is 0 Å². The maximum atomic E-state index is 8.06. The number of hydrogen-bond acceptors (Lipinski definition) is 3. The van der Waals surface area contributed by atoms with Gasteiger partial charge in [-0.25, -0.2) is 0 Å². The van der Waals surface area contributed by atoms with E-state index in [1.807, 2.05) is 0 Å². The van der Waals surface area contributed by atoms with Crippen molar-refractivity contribution < 1.29 is 49.4 Å². The van der Waals surface area contributed by atoms with Crippen LogP contribution in [0.4, 0.5) is 0 Å². The van der Waals surface area contributed by atoms with Gasteiger partial charge in [0.25, 0.3) is 0 Å². The van der Waals surface area contributed by atoms with Gasteiger partial charge in [0.2, 0.25) is 0 Å². The first-order chi connectivity index (χ1) is 5.20. The largest absolute Gasteiger partial charge is 1.00 e. The van der Waals surface area contributed by atoms with Crippen LogP contribution in [0.5, 0.6) is 0 Å². The molecule has 0 spiro atoms. The molecule has 0 saturated carbocycles. The zero-order valence-electron chi connectivity index (χ0n) is 9.95. The molecule has 0 unspecified atom stereocenters. The third-order valence-corrected chi connectivity index (χ3v) is 0. The third kappa shape index (κ3) is 2330. The van der Waals surface area contributed by atoms with Gasteiger partial charge in [-0.2, -0.15) is 0 Å². The van der Waals surface area contributed by atoms with Crippen LogP contribution >= 0.6 is 0 Å². The molecule has 3 nitrogen and oxygen atoms in total. The van der Waals surface area contributed by atoms with Gasteiger partial charge in [-0.15, -0.1) is 0 Å². The van der Waals surface area contributed by atoms with E-state index in [2.05, 4.69) is 0 Å². The van der Waals surface area contributed by atoms with Crippen LogP contribution in [0, 0.1) is 0 Å². The smallest absolute Gasteiger partial charge is 0.0483 e. The molecule has 0 aliphatic carbocycles. The van der Waals surface area contributed by atoms with Crippen LogP contribution < -0.4 is 12.4 Å². The van der Waals surface area contributed by atoms with E-state index in [1.54, 1.807) is 41.5 Å². The molecule has 5 heteroatoms. The standard InChI is InChI=1S/3C3H8O.ClH.Ti/c3*1-3(2)4;;/h3*3-4H,1-2H3;1H;/p-1. The molecule has 0 atom stereocenters. The number of aliphatic hydroxyl groups excluding tert-OH is 3. The normalized spacial score (nSPS) is 7.71. The summed E-state index contributed by atoms with van der Waals surface area (Å²) in [6, 6.07) is 0. The molecule has 0 aromatic rings. The summed E-state index contributed by atoms with van der Waals surface area (Å²) in [6.45, 7) is 10.3. The Hall–Kier alpha value is 0.884. The predicted molar refractivity (Wildman–Crippen MR) is 52.1 cm³/mol. The molecule has 0 aromatic carbocycles. The number of hydrogen-bond donors (Lipinski definition) is 3. The van der Waals surface area contributed by atoms with E-state index >= 15 is 0 Å². The summed E-state index contributed by atoms with van der Waals surface area (Å²) >= 11 is 0. The van der Waals surface area contributed by atoms with Crippen molar-refractivity contribution in [2.75, 3.05) is 0 Å². The van der Waals surface area contributed by atoms with Gasteiger partial charge in [-0.1, -0.05) is 0 Å². The van der Waals surface area contributed by atoms with E-state index in [-0.39, 0.29) is 52.4 Å². The Morgan fingerprint density at radius 3 is 0.571 bits per heavy atom. The number of halogens is 1. The van der Waals surface area contributed by atoms with Crippen LogP contribution in [0.2, 0.25) is 0 Å². The van der Waals surface area contributed by atoms with Crippen LogP contribution in [0.3, 0.4) is 0 Å². The second kappa shape index (κ2) is 23.6. The van der Waals surface area contributed by atoms with E-state index in [9.17, 15) is 0 Å². The van der Waals surface area contributed by atoms with Crippen LogP contribution in [0.25, 0.3) is 0 Å². The maximum Gasteiger partial charge on any atom is 0.0483 e. The Morgan fingerprint density at radius 1 is 0.571 bits per heavy atom. The van der Waals surface area contributed by atoms with Crippen LogP contribution in [-0.4, -0.2) is 33.6 Å². The molecule has 0 aromatic heterocycles. The number of aliphatic hydroxyl groups is 3. The minimum absolute atomic E-state index is 0. The van der Waals surface area contributed by atoms with Crippen LogP contribution in [0.15, 0.2) is 0 Å².